The predicted octanol–water partition coefficient (Wildman–Crippen LogP) is 1.98. The van der Waals surface area contributed by atoms with Crippen molar-refractivity contribution < 1.29 is 0 Å². The van der Waals surface area contributed by atoms with Crippen LogP contribution >= 0.6 is 0 Å². The third-order valence-electron chi connectivity index (χ3n) is 3.63. The van der Waals surface area contributed by atoms with E-state index in [1.165, 1.54) is 0 Å². The molecule has 0 aliphatic rings. The zero-order chi connectivity index (χ0) is 14.8. The molecule has 0 bridgehead atoms. The number of hydrogen-bond donors (Lipinski definition) is 2. The molecule has 0 saturated carbocycles. The molecular formula is C16H19N5. The van der Waals surface area contributed by atoms with Gasteiger partial charge in [0.1, 0.15) is 0 Å². The lowest BCUT2D eigenvalue weighted by molar-refractivity contribution is 0.665. The summed E-state index contributed by atoms with van der Waals surface area (Å²) in [4.78, 5) is 4.72. The van der Waals surface area contributed by atoms with Crippen molar-refractivity contribution in [3.63, 3.8) is 0 Å². The molecule has 2 heterocycles. The zero-order valence-electron chi connectivity index (χ0n) is 12.0. The molecule has 3 rings (SSSR count). The van der Waals surface area contributed by atoms with Crippen molar-refractivity contribution in [3.05, 3.63) is 48.3 Å². The smallest absolute Gasteiger partial charge is 0.0744 e. The highest BCUT2D eigenvalue weighted by atomic mass is 15.2. The number of nitrogens with zero attached hydrogens (tertiary/aromatic N) is 3. The average Bonchev–Trinajstić information content (AvgIpc) is 2.93. The second-order valence-corrected chi connectivity index (χ2v) is 5.20. The molecule has 4 N–H and O–H groups in total. The molecule has 2 aromatic heterocycles. The Morgan fingerprint density at radius 1 is 1.29 bits per heavy atom. The van der Waals surface area contributed by atoms with E-state index in [-0.39, 0.29) is 6.04 Å². The van der Waals surface area contributed by atoms with Gasteiger partial charge >= 0.3 is 0 Å². The molecule has 5 nitrogen and oxygen atoms in total. The van der Waals surface area contributed by atoms with Crippen LogP contribution in [0.3, 0.4) is 0 Å². The van der Waals surface area contributed by atoms with Gasteiger partial charge in [-0.25, -0.2) is 4.98 Å². The molecule has 0 aliphatic carbocycles. The van der Waals surface area contributed by atoms with E-state index in [0.29, 0.717) is 6.54 Å². The standard InChI is InChI=1S/C16H19N5/c1-21-10-11(9-19-21)16-8-13(14(18)6-7-17)12-4-2-3-5-15(12)20-16/h2-5,8-10,14H,6-7,17-18H2,1H3. The van der Waals surface area contributed by atoms with Gasteiger partial charge in [-0.05, 0) is 30.7 Å². The van der Waals surface area contributed by atoms with Gasteiger partial charge in [-0.2, -0.15) is 5.10 Å². The number of hydrogen-bond acceptors (Lipinski definition) is 4. The third kappa shape index (κ3) is 2.66. The fraction of sp³-hybridized carbons (Fsp3) is 0.250. The molecule has 0 aliphatic heterocycles. The number of fused-ring (bicyclic) bond motifs is 1. The molecule has 5 heteroatoms. The highest BCUT2D eigenvalue weighted by Crippen LogP contribution is 2.28. The molecular weight excluding hydrogens is 262 g/mol. The molecule has 0 fully saturated rings. The van der Waals surface area contributed by atoms with Crippen LogP contribution in [0.15, 0.2) is 42.7 Å². The highest BCUT2D eigenvalue weighted by Gasteiger charge is 2.13. The van der Waals surface area contributed by atoms with Crippen LogP contribution in [0.5, 0.6) is 0 Å². The number of aryl methyl sites for hydroxylation is 1. The number of benzene rings is 1. The largest absolute Gasteiger partial charge is 0.330 e. The van der Waals surface area contributed by atoms with E-state index in [4.69, 9.17) is 16.5 Å². The van der Waals surface area contributed by atoms with E-state index >= 15 is 0 Å². The molecule has 0 radical (unpaired) electrons. The van der Waals surface area contributed by atoms with E-state index in [0.717, 1.165) is 34.1 Å². The van der Waals surface area contributed by atoms with Gasteiger partial charge in [0, 0.05) is 30.2 Å². The Labute approximate surface area is 123 Å². The van der Waals surface area contributed by atoms with Gasteiger partial charge in [0.15, 0.2) is 0 Å². The normalized spacial score (nSPS) is 12.7. The van der Waals surface area contributed by atoms with Crippen molar-refractivity contribution in [1.29, 1.82) is 0 Å². The summed E-state index contributed by atoms with van der Waals surface area (Å²) in [6, 6.07) is 10.0. The lowest BCUT2D eigenvalue weighted by Crippen LogP contribution is -2.16. The van der Waals surface area contributed by atoms with Crippen LogP contribution in [-0.2, 0) is 7.05 Å². The van der Waals surface area contributed by atoms with Gasteiger partial charge < -0.3 is 11.5 Å². The molecule has 0 amide bonds. The minimum absolute atomic E-state index is 0.0849. The number of para-hydroxylation sites is 1. The summed E-state index contributed by atoms with van der Waals surface area (Å²) in [7, 11) is 1.89. The first kappa shape index (κ1) is 13.7. The molecule has 0 spiro atoms. The van der Waals surface area contributed by atoms with Crippen LogP contribution in [0.25, 0.3) is 22.2 Å². The maximum Gasteiger partial charge on any atom is 0.0744 e. The Morgan fingerprint density at radius 3 is 2.81 bits per heavy atom. The summed E-state index contributed by atoms with van der Waals surface area (Å²) in [6.45, 7) is 0.569. The van der Waals surface area contributed by atoms with E-state index < -0.39 is 0 Å². The van der Waals surface area contributed by atoms with Crippen molar-refractivity contribution in [1.82, 2.24) is 14.8 Å². The fourth-order valence-corrected chi connectivity index (χ4v) is 2.55. The Morgan fingerprint density at radius 2 is 2.10 bits per heavy atom. The first-order valence-corrected chi connectivity index (χ1v) is 7.03. The predicted molar refractivity (Wildman–Crippen MR) is 84.5 cm³/mol. The number of rotatable bonds is 4. The van der Waals surface area contributed by atoms with Crippen molar-refractivity contribution in [2.75, 3.05) is 6.54 Å². The lowest BCUT2D eigenvalue weighted by atomic mass is 9.98. The Bertz CT molecular complexity index is 762. The van der Waals surface area contributed by atoms with Gasteiger partial charge in [0.2, 0.25) is 0 Å². The summed E-state index contributed by atoms with van der Waals surface area (Å²) < 4.78 is 1.77. The summed E-state index contributed by atoms with van der Waals surface area (Å²) in [5.41, 5.74) is 15.9. The highest BCUT2D eigenvalue weighted by molar-refractivity contribution is 5.85. The van der Waals surface area contributed by atoms with Crippen molar-refractivity contribution in [2.45, 2.75) is 12.5 Å². The minimum Gasteiger partial charge on any atom is -0.330 e. The molecule has 108 valence electrons. The van der Waals surface area contributed by atoms with Crippen LogP contribution in [0.1, 0.15) is 18.0 Å². The van der Waals surface area contributed by atoms with Crippen molar-refractivity contribution >= 4 is 10.9 Å². The second-order valence-electron chi connectivity index (χ2n) is 5.20. The number of aromatic nitrogens is 3. The van der Waals surface area contributed by atoms with Gasteiger partial charge in [-0.3, -0.25) is 4.68 Å². The summed E-state index contributed by atoms with van der Waals surface area (Å²) in [5, 5.41) is 5.30. The van der Waals surface area contributed by atoms with Crippen LogP contribution < -0.4 is 11.5 Å². The van der Waals surface area contributed by atoms with Crippen LogP contribution in [0.4, 0.5) is 0 Å². The average molecular weight is 281 g/mol. The van der Waals surface area contributed by atoms with Crippen molar-refractivity contribution in [2.24, 2.45) is 18.5 Å². The maximum absolute atomic E-state index is 6.30. The molecule has 21 heavy (non-hydrogen) atoms. The Kier molecular flexibility index (Phi) is 3.68. The lowest BCUT2D eigenvalue weighted by Gasteiger charge is -2.15. The second kappa shape index (κ2) is 5.63. The Balaban J connectivity index is 2.19. The zero-order valence-corrected chi connectivity index (χ0v) is 12.0. The first-order valence-electron chi connectivity index (χ1n) is 7.03. The number of nitrogens with two attached hydrogens (primary N) is 2. The first-order chi connectivity index (χ1) is 10.2. The SMILES string of the molecule is Cn1cc(-c2cc(C(N)CCN)c3ccccc3n2)cn1. The molecule has 3 aromatic rings. The minimum atomic E-state index is -0.0849. The third-order valence-corrected chi connectivity index (χ3v) is 3.63. The fourth-order valence-electron chi connectivity index (χ4n) is 2.55. The van der Waals surface area contributed by atoms with E-state index in [2.05, 4.69) is 17.2 Å². The molecule has 0 saturated heterocycles. The van der Waals surface area contributed by atoms with Crippen LogP contribution in [-0.4, -0.2) is 21.3 Å². The monoisotopic (exact) mass is 281 g/mol. The van der Waals surface area contributed by atoms with Gasteiger partial charge in [0.25, 0.3) is 0 Å². The summed E-state index contributed by atoms with van der Waals surface area (Å²) in [6.07, 6.45) is 4.52. The van der Waals surface area contributed by atoms with Crippen LogP contribution in [0.2, 0.25) is 0 Å². The van der Waals surface area contributed by atoms with E-state index in [9.17, 15) is 0 Å². The maximum atomic E-state index is 6.30. The van der Waals surface area contributed by atoms with E-state index in [1.54, 1.807) is 4.68 Å². The summed E-state index contributed by atoms with van der Waals surface area (Å²) in [5.74, 6) is 0. The topological polar surface area (TPSA) is 82.8 Å². The molecule has 1 unspecified atom stereocenters. The molecule has 1 atom stereocenters. The van der Waals surface area contributed by atoms with E-state index in [1.807, 2.05) is 37.6 Å². The van der Waals surface area contributed by atoms with Crippen molar-refractivity contribution in [3.8, 4) is 11.3 Å². The van der Waals surface area contributed by atoms with Gasteiger partial charge in [-0.15, -0.1) is 0 Å². The summed E-state index contributed by atoms with van der Waals surface area (Å²) >= 11 is 0. The Hall–Kier alpha value is -2.24. The van der Waals surface area contributed by atoms with Gasteiger partial charge in [-0.1, -0.05) is 18.2 Å². The quantitative estimate of drug-likeness (QED) is 0.766. The van der Waals surface area contributed by atoms with Crippen LogP contribution in [0, 0.1) is 0 Å². The molecule has 1 aromatic carbocycles. The van der Waals surface area contributed by atoms with Gasteiger partial charge in [0.05, 0.1) is 17.4 Å². The number of pyridine rings is 1.